The fraction of sp³-hybridized carbons (Fsp3) is 0.375. The lowest BCUT2D eigenvalue weighted by Gasteiger charge is -2.13. The van der Waals surface area contributed by atoms with Crippen LogP contribution >= 0.6 is 0 Å². The highest BCUT2D eigenvalue weighted by molar-refractivity contribution is 7.88. The van der Waals surface area contributed by atoms with Gasteiger partial charge in [0, 0.05) is 11.5 Å². The van der Waals surface area contributed by atoms with Crippen molar-refractivity contribution in [1.82, 2.24) is 4.98 Å². The molecule has 11 heteroatoms. The first-order valence-corrected chi connectivity index (χ1v) is 9.06. The summed E-state index contributed by atoms with van der Waals surface area (Å²) in [6.07, 6.45) is 0.509. The molecule has 1 saturated carbocycles. The molecule has 1 heterocycles. The predicted molar refractivity (Wildman–Crippen MR) is 86.8 cm³/mol. The Morgan fingerprint density at radius 3 is 2.48 bits per heavy atom. The summed E-state index contributed by atoms with van der Waals surface area (Å²) in [6, 6.07) is 5.50. The zero-order valence-corrected chi connectivity index (χ0v) is 14.9. The number of nitrogens with zero attached hydrogens (tertiary/aromatic N) is 1. The van der Waals surface area contributed by atoms with Gasteiger partial charge >= 0.3 is 21.6 Å². The Hall–Kier alpha value is -2.56. The summed E-state index contributed by atoms with van der Waals surface area (Å²) in [5.74, 6) is -1.49. The Bertz CT molecular complexity index is 1010. The van der Waals surface area contributed by atoms with Crippen molar-refractivity contribution < 1.29 is 40.0 Å². The molecule has 1 aromatic carbocycles. The normalized spacial score (nSPS) is 19.6. The maximum Gasteiger partial charge on any atom is 0.534 e. The van der Waals surface area contributed by atoms with E-state index in [1.54, 1.807) is 0 Å². The van der Waals surface area contributed by atoms with Gasteiger partial charge in [0.15, 0.2) is 5.75 Å². The maximum absolute atomic E-state index is 12.7. The lowest BCUT2D eigenvalue weighted by molar-refractivity contribution is -0.142. The van der Waals surface area contributed by atoms with Gasteiger partial charge in [-0.25, -0.2) is 4.98 Å². The molecule has 1 fully saturated rings. The van der Waals surface area contributed by atoms with Gasteiger partial charge in [0.25, 0.3) is 0 Å². The van der Waals surface area contributed by atoms with E-state index in [2.05, 4.69) is 9.17 Å². The van der Waals surface area contributed by atoms with Crippen LogP contribution in [0.1, 0.15) is 17.9 Å². The third kappa shape index (κ3) is 3.51. The van der Waals surface area contributed by atoms with E-state index in [1.807, 2.05) is 0 Å². The zero-order valence-electron chi connectivity index (χ0n) is 14.1. The molecule has 1 aliphatic rings. The highest BCUT2D eigenvalue weighted by Gasteiger charge is 2.49. The first-order valence-electron chi connectivity index (χ1n) is 7.65. The number of esters is 1. The topological polar surface area (TPSA) is 91.8 Å². The van der Waals surface area contributed by atoms with Crippen molar-refractivity contribution >= 4 is 27.0 Å². The molecule has 0 aliphatic heterocycles. The van der Waals surface area contributed by atoms with Crippen molar-refractivity contribution in [2.45, 2.75) is 17.8 Å². The van der Waals surface area contributed by atoms with Crippen LogP contribution in [0.3, 0.4) is 0 Å². The van der Waals surface area contributed by atoms with Crippen molar-refractivity contribution in [3.05, 3.63) is 29.8 Å². The van der Waals surface area contributed by atoms with Crippen LogP contribution < -0.4 is 8.92 Å². The molecule has 3 rings (SSSR count). The average molecular weight is 405 g/mol. The zero-order chi connectivity index (χ0) is 20.0. The first kappa shape index (κ1) is 19.2. The molecular formula is C16H14F3NO6S. The predicted octanol–water partition coefficient (Wildman–Crippen LogP) is 2.75. The van der Waals surface area contributed by atoms with Crippen LogP contribution in [-0.2, 0) is 19.6 Å². The van der Waals surface area contributed by atoms with Crippen LogP contribution in [0.5, 0.6) is 11.6 Å². The molecule has 0 bridgehead atoms. The number of rotatable bonds is 5. The van der Waals surface area contributed by atoms with Crippen LogP contribution in [0.2, 0.25) is 0 Å². The Kier molecular flexibility index (Phi) is 4.66. The SMILES string of the molecule is COC(=O)C1CC1c1ccc(OS(=O)(=O)C(F)(F)F)c2nc(OC)ccc12. The maximum atomic E-state index is 12.7. The fourth-order valence-corrected chi connectivity index (χ4v) is 3.28. The van der Waals surface area contributed by atoms with Gasteiger partial charge in [-0.15, -0.1) is 0 Å². The number of fused-ring (bicyclic) bond motifs is 1. The minimum absolute atomic E-state index is 0.0641. The van der Waals surface area contributed by atoms with Gasteiger partial charge in [-0.3, -0.25) is 4.79 Å². The quantitative estimate of drug-likeness (QED) is 0.429. The first-order chi connectivity index (χ1) is 12.6. The fourth-order valence-electron chi connectivity index (χ4n) is 2.82. The van der Waals surface area contributed by atoms with Gasteiger partial charge in [0.2, 0.25) is 5.88 Å². The summed E-state index contributed by atoms with van der Waals surface area (Å²) >= 11 is 0. The molecule has 0 saturated heterocycles. The van der Waals surface area contributed by atoms with E-state index in [4.69, 9.17) is 9.47 Å². The number of carbonyl (C=O) groups excluding carboxylic acids is 1. The van der Waals surface area contributed by atoms with E-state index < -0.39 is 27.3 Å². The average Bonchev–Trinajstić information content (AvgIpc) is 3.40. The number of hydrogen-bond donors (Lipinski definition) is 0. The van der Waals surface area contributed by atoms with Gasteiger partial charge < -0.3 is 13.7 Å². The van der Waals surface area contributed by atoms with Crippen LogP contribution in [0, 0.1) is 5.92 Å². The van der Waals surface area contributed by atoms with Crippen LogP contribution in [0.4, 0.5) is 13.2 Å². The van der Waals surface area contributed by atoms with E-state index in [1.165, 1.54) is 32.4 Å². The Labute approximate surface area is 152 Å². The number of methoxy groups -OCH3 is 2. The van der Waals surface area contributed by atoms with Crippen LogP contribution in [0.15, 0.2) is 24.3 Å². The minimum Gasteiger partial charge on any atom is -0.481 e. The van der Waals surface area contributed by atoms with Gasteiger partial charge in [-0.05, 0) is 30.0 Å². The monoisotopic (exact) mass is 405 g/mol. The van der Waals surface area contributed by atoms with E-state index in [-0.39, 0.29) is 23.2 Å². The van der Waals surface area contributed by atoms with Gasteiger partial charge in [-0.2, -0.15) is 21.6 Å². The van der Waals surface area contributed by atoms with Crippen molar-refractivity contribution in [1.29, 1.82) is 0 Å². The van der Waals surface area contributed by atoms with E-state index >= 15 is 0 Å². The number of carbonyl (C=O) groups is 1. The highest BCUT2D eigenvalue weighted by atomic mass is 32.2. The number of alkyl halides is 3. The van der Waals surface area contributed by atoms with E-state index in [9.17, 15) is 26.4 Å². The molecule has 2 unspecified atom stereocenters. The molecule has 0 N–H and O–H groups in total. The molecule has 0 radical (unpaired) electrons. The van der Waals surface area contributed by atoms with Gasteiger partial charge in [-0.1, -0.05) is 6.07 Å². The summed E-state index contributed by atoms with van der Waals surface area (Å²) in [5.41, 5.74) is -5.06. The Morgan fingerprint density at radius 1 is 1.19 bits per heavy atom. The Morgan fingerprint density at radius 2 is 1.89 bits per heavy atom. The molecule has 146 valence electrons. The molecule has 0 spiro atoms. The number of halogens is 3. The number of benzene rings is 1. The second kappa shape index (κ2) is 6.55. The lowest BCUT2D eigenvalue weighted by Crippen LogP contribution is -2.28. The van der Waals surface area contributed by atoms with Crippen molar-refractivity contribution in [3.8, 4) is 11.6 Å². The Balaban J connectivity index is 2.09. The summed E-state index contributed by atoms with van der Waals surface area (Å²) < 4.78 is 74.6. The molecule has 1 aromatic heterocycles. The molecule has 2 atom stereocenters. The molecule has 7 nitrogen and oxygen atoms in total. The van der Waals surface area contributed by atoms with Crippen LogP contribution in [-0.4, -0.2) is 39.1 Å². The second-order valence-corrected chi connectivity index (χ2v) is 7.40. The van der Waals surface area contributed by atoms with E-state index in [0.717, 1.165) is 6.07 Å². The summed E-state index contributed by atoms with van der Waals surface area (Å²) in [5, 5.41) is 0.363. The van der Waals surface area contributed by atoms with Crippen molar-refractivity contribution in [2.75, 3.05) is 14.2 Å². The molecular weight excluding hydrogens is 391 g/mol. The number of pyridine rings is 1. The largest absolute Gasteiger partial charge is 0.534 e. The van der Waals surface area contributed by atoms with Crippen molar-refractivity contribution in [2.24, 2.45) is 5.92 Å². The van der Waals surface area contributed by atoms with Crippen LogP contribution in [0.25, 0.3) is 10.9 Å². The molecule has 2 aromatic rings. The standard InChI is InChI=1S/C16H14F3NO6S/c1-24-13-6-4-9-8(10-7-11(10)15(21)25-2)3-5-12(14(9)20-13)26-27(22,23)16(17,18)19/h3-6,10-11H,7H2,1-2H3. The van der Waals surface area contributed by atoms with Gasteiger partial charge in [0.1, 0.15) is 5.52 Å². The molecule has 0 amide bonds. The number of hydrogen-bond acceptors (Lipinski definition) is 7. The third-order valence-electron chi connectivity index (χ3n) is 4.21. The molecule has 1 aliphatic carbocycles. The van der Waals surface area contributed by atoms with E-state index in [0.29, 0.717) is 17.4 Å². The summed E-state index contributed by atoms with van der Waals surface area (Å²) in [6.45, 7) is 0. The minimum atomic E-state index is -5.86. The third-order valence-corrected chi connectivity index (χ3v) is 5.18. The van der Waals surface area contributed by atoms with Crippen molar-refractivity contribution in [3.63, 3.8) is 0 Å². The lowest BCUT2D eigenvalue weighted by atomic mass is 10.0. The highest BCUT2D eigenvalue weighted by Crippen LogP contribution is 2.51. The van der Waals surface area contributed by atoms with Gasteiger partial charge in [0.05, 0.1) is 20.1 Å². The number of ether oxygens (including phenoxy) is 2. The second-order valence-electron chi connectivity index (χ2n) is 5.86. The molecule has 27 heavy (non-hydrogen) atoms. The smallest absolute Gasteiger partial charge is 0.481 e. The summed E-state index contributed by atoms with van der Waals surface area (Å²) in [7, 11) is -3.29. The number of aromatic nitrogens is 1. The summed E-state index contributed by atoms with van der Waals surface area (Å²) in [4.78, 5) is 15.7.